The van der Waals surface area contributed by atoms with Crippen molar-refractivity contribution in [2.75, 3.05) is 13.1 Å². The fourth-order valence-electron chi connectivity index (χ4n) is 1.92. The molecule has 1 aromatic carbocycles. The molecule has 0 radical (unpaired) electrons. The lowest BCUT2D eigenvalue weighted by Crippen LogP contribution is -2.41. The maximum Gasteiger partial charge on any atom is 0.248 e. The van der Waals surface area contributed by atoms with Gasteiger partial charge in [0.05, 0.1) is 6.54 Å². The molecule has 1 aromatic heterocycles. The molecule has 0 spiro atoms. The number of aliphatic imine (C=N–C) groups is 1. The summed E-state index contributed by atoms with van der Waals surface area (Å²) in [7, 11) is 0. The molecule has 0 saturated carbocycles. The second kappa shape index (κ2) is 11.1. The highest BCUT2D eigenvalue weighted by Crippen LogP contribution is 2.16. The Balaban J connectivity index is 0.00000312. The maximum absolute atomic E-state index is 5.86. The van der Waals surface area contributed by atoms with Gasteiger partial charge in [0.2, 0.25) is 5.89 Å². The molecule has 0 bridgehead atoms. The zero-order valence-electron chi connectivity index (χ0n) is 14.5. The zero-order chi connectivity index (χ0) is 17.4. The normalized spacial score (nSPS) is 12.2. The van der Waals surface area contributed by atoms with Gasteiger partial charge in [0.25, 0.3) is 0 Å². The minimum atomic E-state index is -0.0410. The van der Waals surface area contributed by atoms with E-state index in [9.17, 15) is 0 Å². The van der Waals surface area contributed by atoms with Crippen LogP contribution >= 0.6 is 35.6 Å². The van der Waals surface area contributed by atoms with Crippen LogP contribution in [0.25, 0.3) is 0 Å². The van der Waals surface area contributed by atoms with E-state index in [0.29, 0.717) is 35.8 Å². The van der Waals surface area contributed by atoms with Crippen molar-refractivity contribution in [3.05, 3.63) is 41.0 Å². The SMILES string of the molecule is CCNC(=NCc1nc(C)no1)NCC(C)Oc1ccc(Cl)cc1.I. The number of benzene rings is 1. The third-order valence-corrected chi connectivity index (χ3v) is 3.25. The third-order valence-electron chi connectivity index (χ3n) is 2.99. The summed E-state index contributed by atoms with van der Waals surface area (Å²) in [4.78, 5) is 8.54. The fraction of sp³-hybridized carbons (Fsp3) is 0.438. The van der Waals surface area contributed by atoms with Crippen LogP contribution < -0.4 is 15.4 Å². The van der Waals surface area contributed by atoms with Gasteiger partial charge in [-0.15, -0.1) is 24.0 Å². The molecule has 2 rings (SSSR count). The molecule has 0 fully saturated rings. The van der Waals surface area contributed by atoms with Crippen molar-refractivity contribution < 1.29 is 9.26 Å². The molecular formula is C16H23ClIN5O2. The van der Waals surface area contributed by atoms with Crippen molar-refractivity contribution in [2.45, 2.75) is 33.4 Å². The van der Waals surface area contributed by atoms with E-state index in [1.165, 1.54) is 0 Å². The Morgan fingerprint density at radius 2 is 2.04 bits per heavy atom. The van der Waals surface area contributed by atoms with Crippen molar-refractivity contribution in [2.24, 2.45) is 4.99 Å². The van der Waals surface area contributed by atoms with Crippen molar-refractivity contribution in [3.8, 4) is 5.75 Å². The van der Waals surface area contributed by atoms with Gasteiger partial charge >= 0.3 is 0 Å². The number of hydrogen-bond acceptors (Lipinski definition) is 5. The summed E-state index contributed by atoms with van der Waals surface area (Å²) in [5, 5.41) is 10.8. The summed E-state index contributed by atoms with van der Waals surface area (Å²) >= 11 is 5.86. The quantitative estimate of drug-likeness (QED) is 0.360. The van der Waals surface area contributed by atoms with E-state index in [1.54, 1.807) is 19.1 Å². The van der Waals surface area contributed by atoms with Crippen molar-refractivity contribution in [3.63, 3.8) is 0 Å². The first-order valence-corrected chi connectivity index (χ1v) is 8.18. The van der Waals surface area contributed by atoms with Crippen LogP contribution in [0.3, 0.4) is 0 Å². The zero-order valence-corrected chi connectivity index (χ0v) is 17.5. The van der Waals surface area contributed by atoms with Crippen LogP contribution in [0, 0.1) is 6.92 Å². The number of nitrogens with one attached hydrogen (secondary N) is 2. The Morgan fingerprint density at radius 3 is 2.64 bits per heavy atom. The molecule has 0 aliphatic rings. The minimum Gasteiger partial charge on any atom is -0.489 e. The van der Waals surface area contributed by atoms with Gasteiger partial charge in [0.1, 0.15) is 18.4 Å². The molecule has 1 unspecified atom stereocenters. The van der Waals surface area contributed by atoms with Gasteiger partial charge in [-0.25, -0.2) is 4.99 Å². The van der Waals surface area contributed by atoms with Crippen LogP contribution in [0.2, 0.25) is 5.02 Å². The molecule has 0 amide bonds. The van der Waals surface area contributed by atoms with Gasteiger partial charge in [-0.1, -0.05) is 16.8 Å². The first-order chi connectivity index (χ1) is 11.6. The monoisotopic (exact) mass is 479 g/mol. The molecule has 1 atom stereocenters. The van der Waals surface area contributed by atoms with Crippen LogP contribution in [0.15, 0.2) is 33.8 Å². The van der Waals surface area contributed by atoms with Crippen molar-refractivity contribution in [1.82, 2.24) is 20.8 Å². The second-order valence-corrected chi connectivity index (χ2v) is 5.63. The molecule has 9 heteroatoms. The number of halogens is 2. The van der Waals surface area contributed by atoms with Gasteiger partial charge in [-0.05, 0) is 45.0 Å². The molecule has 2 aromatic rings. The average Bonchev–Trinajstić information content (AvgIpc) is 2.98. The van der Waals surface area contributed by atoms with E-state index in [1.807, 2.05) is 26.0 Å². The summed E-state index contributed by atoms with van der Waals surface area (Å²) in [6.45, 7) is 7.42. The summed E-state index contributed by atoms with van der Waals surface area (Å²) < 4.78 is 10.9. The number of ether oxygens (including phenoxy) is 1. The highest BCUT2D eigenvalue weighted by Gasteiger charge is 2.07. The smallest absolute Gasteiger partial charge is 0.248 e. The number of aryl methyl sites for hydroxylation is 1. The molecule has 1 heterocycles. The van der Waals surface area contributed by atoms with E-state index in [4.69, 9.17) is 20.9 Å². The number of guanidine groups is 1. The van der Waals surface area contributed by atoms with Crippen molar-refractivity contribution in [1.29, 1.82) is 0 Å². The molecule has 0 aliphatic carbocycles. The predicted octanol–water partition coefficient (Wildman–Crippen LogP) is 3.17. The maximum atomic E-state index is 5.86. The average molecular weight is 480 g/mol. The first-order valence-electron chi connectivity index (χ1n) is 7.80. The van der Waals surface area contributed by atoms with E-state index >= 15 is 0 Å². The Labute approximate surface area is 169 Å². The second-order valence-electron chi connectivity index (χ2n) is 5.19. The lowest BCUT2D eigenvalue weighted by atomic mass is 10.3. The van der Waals surface area contributed by atoms with Gasteiger partial charge in [-0.3, -0.25) is 0 Å². The van der Waals surface area contributed by atoms with Crippen LogP contribution in [-0.2, 0) is 6.54 Å². The van der Waals surface area contributed by atoms with Crippen molar-refractivity contribution >= 4 is 41.5 Å². The highest BCUT2D eigenvalue weighted by atomic mass is 127. The van der Waals surface area contributed by atoms with Crippen LogP contribution in [0.1, 0.15) is 25.6 Å². The van der Waals surface area contributed by atoms with Gasteiger partial charge < -0.3 is 19.9 Å². The molecule has 25 heavy (non-hydrogen) atoms. The van der Waals surface area contributed by atoms with E-state index in [0.717, 1.165) is 12.3 Å². The molecule has 138 valence electrons. The van der Waals surface area contributed by atoms with Gasteiger partial charge in [0.15, 0.2) is 11.8 Å². The molecule has 7 nitrogen and oxygen atoms in total. The summed E-state index contributed by atoms with van der Waals surface area (Å²) in [6.07, 6.45) is -0.0410. The number of nitrogens with zero attached hydrogens (tertiary/aromatic N) is 3. The summed E-state index contributed by atoms with van der Waals surface area (Å²) in [5.74, 6) is 2.52. The topological polar surface area (TPSA) is 84.6 Å². The number of aromatic nitrogens is 2. The standard InChI is InChI=1S/C16H22ClN5O2.HI/c1-4-18-16(20-10-15-21-12(3)22-24-15)19-9-11(2)23-14-7-5-13(17)6-8-14;/h5-8,11H,4,9-10H2,1-3H3,(H2,18,19,20);1H. The van der Waals surface area contributed by atoms with Crippen LogP contribution in [0.5, 0.6) is 5.75 Å². The largest absolute Gasteiger partial charge is 0.489 e. The van der Waals surface area contributed by atoms with Gasteiger partial charge in [-0.2, -0.15) is 4.98 Å². The number of hydrogen-bond donors (Lipinski definition) is 2. The van der Waals surface area contributed by atoms with E-state index < -0.39 is 0 Å². The lowest BCUT2D eigenvalue weighted by Gasteiger charge is -2.17. The van der Waals surface area contributed by atoms with E-state index in [2.05, 4.69) is 25.8 Å². The Bertz CT molecular complexity index is 663. The lowest BCUT2D eigenvalue weighted by molar-refractivity contribution is 0.224. The fourth-order valence-corrected chi connectivity index (χ4v) is 2.05. The predicted molar refractivity (Wildman–Crippen MR) is 109 cm³/mol. The Kier molecular flexibility index (Phi) is 9.58. The molecular weight excluding hydrogens is 457 g/mol. The van der Waals surface area contributed by atoms with Gasteiger partial charge in [0, 0.05) is 11.6 Å². The molecule has 0 saturated heterocycles. The first kappa shape index (κ1) is 21.5. The molecule has 0 aliphatic heterocycles. The van der Waals surface area contributed by atoms with Crippen LogP contribution in [0.4, 0.5) is 0 Å². The molecule has 2 N–H and O–H groups in total. The van der Waals surface area contributed by atoms with Crippen LogP contribution in [-0.4, -0.2) is 35.3 Å². The minimum absolute atomic E-state index is 0. The highest BCUT2D eigenvalue weighted by molar-refractivity contribution is 14.0. The van der Waals surface area contributed by atoms with E-state index in [-0.39, 0.29) is 30.1 Å². The summed E-state index contributed by atoms with van der Waals surface area (Å²) in [6, 6.07) is 7.29. The number of rotatable bonds is 7. The Morgan fingerprint density at radius 1 is 1.32 bits per heavy atom. The summed E-state index contributed by atoms with van der Waals surface area (Å²) in [5.41, 5.74) is 0. The third kappa shape index (κ3) is 7.91. The Hall–Kier alpha value is -1.55.